The zero-order valence-electron chi connectivity index (χ0n) is 11.0. The number of nitro groups is 1. The van der Waals surface area contributed by atoms with Crippen molar-refractivity contribution in [1.82, 2.24) is 0 Å². The number of rotatable bonds is 4. The normalized spacial score (nSPS) is 22.5. The first-order valence-corrected chi connectivity index (χ1v) is 7.08. The molecule has 0 amide bonds. The van der Waals surface area contributed by atoms with Gasteiger partial charge in [-0.2, -0.15) is 0 Å². The van der Waals surface area contributed by atoms with E-state index >= 15 is 0 Å². The van der Waals surface area contributed by atoms with Crippen molar-refractivity contribution in [1.29, 1.82) is 0 Å². The molecule has 1 aromatic rings. The third kappa shape index (κ3) is 3.25. The molecule has 0 aliphatic carbocycles. The molecule has 1 heterocycles. The van der Waals surface area contributed by atoms with Crippen molar-refractivity contribution in [2.75, 3.05) is 18.5 Å². The molecule has 1 aliphatic heterocycles. The standard InChI is InChI=1S/C13H17BrN2O3/c1-8-5-12(11(14)6-13(8)16(17)18)15-7-10-3-4-19-9(10)2/h5-6,9-10,15H,3-4,7H2,1-2H3. The lowest BCUT2D eigenvalue weighted by Crippen LogP contribution is -2.20. The molecule has 1 N–H and O–H groups in total. The van der Waals surface area contributed by atoms with E-state index in [0.717, 1.165) is 29.7 Å². The lowest BCUT2D eigenvalue weighted by molar-refractivity contribution is -0.385. The van der Waals surface area contributed by atoms with Crippen molar-refractivity contribution in [3.63, 3.8) is 0 Å². The van der Waals surface area contributed by atoms with Gasteiger partial charge >= 0.3 is 0 Å². The van der Waals surface area contributed by atoms with Gasteiger partial charge < -0.3 is 10.1 Å². The van der Waals surface area contributed by atoms with Crippen molar-refractivity contribution in [3.8, 4) is 0 Å². The molecular formula is C13H17BrN2O3. The molecule has 2 atom stereocenters. The third-order valence-corrected chi connectivity index (χ3v) is 4.23. The van der Waals surface area contributed by atoms with Gasteiger partial charge in [0.25, 0.3) is 5.69 Å². The minimum Gasteiger partial charge on any atom is -0.384 e. The maximum atomic E-state index is 10.8. The van der Waals surface area contributed by atoms with Crippen molar-refractivity contribution < 1.29 is 9.66 Å². The van der Waals surface area contributed by atoms with Gasteiger partial charge in [0.15, 0.2) is 0 Å². The molecule has 0 spiro atoms. The van der Waals surface area contributed by atoms with Crippen LogP contribution in [0.1, 0.15) is 18.9 Å². The number of benzene rings is 1. The first-order chi connectivity index (χ1) is 8.99. The van der Waals surface area contributed by atoms with Gasteiger partial charge in [0.1, 0.15) is 0 Å². The number of aryl methyl sites for hydroxylation is 1. The number of nitrogens with zero attached hydrogens (tertiary/aromatic N) is 1. The van der Waals surface area contributed by atoms with E-state index in [1.807, 2.05) is 6.07 Å². The summed E-state index contributed by atoms with van der Waals surface area (Å²) in [4.78, 5) is 10.5. The van der Waals surface area contributed by atoms with E-state index in [-0.39, 0.29) is 16.7 Å². The summed E-state index contributed by atoms with van der Waals surface area (Å²) in [7, 11) is 0. The molecule has 0 saturated carbocycles. The second kappa shape index (κ2) is 5.88. The van der Waals surface area contributed by atoms with Gasteiger partial charge in [-0.15, -0.1) is 0 Å². The Balaban J connectivity index is 2.08. The zero-order valence-corrected chi connectivity index (χ0v) is 12.6. The van der Waals surface area contributed by atoms with E-state index in [1.54, 1.807) is 13.0 Å². The summed E-state index contributed by atoms with van der Waals surface area (Å²) in [5.74, 6) is 0.488. The lowest BCUT2D eigenvalue weighted by Gasteiger charge is -2.16. The van der Waals surface area contributed by atoms with Gasteiger partial charge in [0, 0.05) is 40.9 Å². The van der Waals surface area contributed by atoms with Crippen molar-refractivity contribution in [3.05, 3.63) is 32.3 Å². The smallest absolute Gasteiger partial charge is 0.273 e. The number of halogens is 1. The van der Waals surface area contributed by atoms with E-state index in [2.05, 4.69) is 28.2 Å². The average Bonchev–Trinajstić information content (AvgIpc) is 2.75. The van der Waals surface area contributed by atoms with E-state index in [9.17, 15) is 10.1 Å². The largest absolute Gasteiger partial charge is 0.384 e. The van der Waals surface area contributed by atoms with Crippen LogP contribution in [0.25, 0.3) is 0 Å². The number of nitro benzene ring substituents is 1. The van der Waals surface area contributed by atoms with Crippen LogP contribution in [0.5, 0.6) is 0 Å². The van der Waals surface area contributed by atoms with Gasteiger partial charge in [-0.05, 0) is 42.3 Å². The molecule has 6 heteroatoms. The molecule has 0 aromatic heterocycles. The number of anilines is 1. The first-order valence-electron chi connectivity index (χ1n) is 6.29. The van der Waals surface area contributed by atoms with Gasteiger partial charge in [-0.3, -0.25) is 10.1 Å². The molecule has 1 aliphatic rings. The predicted molar refractivity (Wildman–Crippen MR) is 77.5 cm³/mol. The second-order valence-electron chi connectivity index (χ2n) is 4.88. The van der Waals surface area contributed by atoms with E-state index in [0.29, 0.717) is 11.5 Å². The average molecular weight is 329 g/mol. The number of hydrogen-bond donors (Lipinski definition) is 1. The van der Waals surface area contributed by atoms with Gasteiger partial charge in [-0.1, -0.05) is 0 Å². The molecule has 1 fully saturated rings. The highest BCUT2D eigenvalue weighted by atomic mass is 79.9. The van der Waals surface area contributed by atoms with Crippen LogP contribution >= 0.6 is 15.9 Å². The monoisotopic (exact) mass is 328 g/mol. The minimum absolute atomic E-state index is 0.134. The van der Waals surface area contributed by atoms with Crippen molar-refractivity contribution in [2.45, 2.75) is 26.4 Å². The van der Waals surface area contributed by atoms with Gasteiger partial charge in [0.2, 0.25) is 0 Å². The second-order valence-corrected chi connectivity index (χ2v) is 5.74. The summed E-state index contributed by atoms with van der Waals surface area (Å²) in [6, 6.07) is 3.36. The van der Waals surface area contributed by atoms with Crippen LogP contribution in [0.3, 0.4) is 0 Å². The van der Waals surface area contributed by atoms with Crippen LogP contribution in [0.2, 0.25) is 0 Å². The summed E-state index contributed by atoms with van der Waals surface area (Å²) >= 11 is 3.38. The Morgan fingerprint density at radius 2 is 2.32 bits per heavy atom. The van der Waals surface area contributed by atoms with Crippen LogP contribution in [0.15, 0.2) is 16.6 Å². The fraction of sp³-hybridized carbons (Fsp3) is 0.538. The zero-order chi connectivity index (χ0) is 14.0. The van der Waals surface area contributed by atoms with Crippen LogP contribution in [-0.4, -0.2) is 24.2 Å². The fourth-order valence-electron chi connectivity index (χ4n) is 2.29. The highest BCUT2D eigenvalue weighted by Gasteiger charge is 2.24. The fourth-order valence-corrected chi connectivity index (χ4v) is 2.76. The Morgan fingerprint density at radius 3 is 2.89 bits per heavy atom. The maximum absolute atomic E-state index is 10.8. The van der Waals surface area contributed by atoms with E-state index in [1.165, 1.54) is 0 Å². The summed E-state index contributed by atoms with van der Waals surface area (Å²) < 4.78 is 6.24. The Hall–Kier alpha value is -1.14. The first kappa shape index (κ1) is 14.3. The maximum Gasteiger partial charge on any atom is 0.273 e. The highest BCUT2D eigenvalue weighted by molar-refractivity contribution is 9.10. The SMILES string of the molecule is Cc1cc(NCC2CCOC2C)c(Br)cc1[N+](=O)[O-]. The summed E-state index contributed by atoms with van der Waals surface area (Å²) in [6.07, 6.45) is 1.32. The molecule has 5 nitrogen and oxygen atoms in total. The predicted octanol–water partition coefficient (Wildman–Crippen LogP) is 3.50. The number of nitrogens with one attached hydrogen (secondary N) is 1. The molecule has 2 unspecified atom stereocenters. The molecule has 1 aromatic carbocycles. The van der Waals surface area contributed by atoms with Gasteiger partial charge in [0.05, 0.1) is 11.0 Å². The van der Waals surface area contributed by atoms with Crippen LogP contribution in [0.4, 0.5) is 11.4 Å². The summed E-state index contributed by atoms with van der Waals surface area (Å²) in [6.45, 7) is 5.46. The number of hydrogen-bond acceptors (Lipinski definition) is 4. The molecule has 19 heavy (non-hydrogen) atoms. The minimum atomic E-state index is -0.364. The number of ether oxygens (including phenoxy) is 1. The van der Waals surface area contributed by atoms with Crippen LogP contribution in [0, 0.1) is 23.0 Å². The Labute approximate surface area is 120 Å². The molecule has 2 rings (SSSR count). The Morgan fingerprint density at radius 1 is 1.58 bits per heavy atom. The highest BCUT2D eigenvalue weighted by Crippen LogP contribution is 2.31. The molecule has 0 radical (unpaired) electrons. The van der Waals surface area contributed by atoms with Crippen LogP contribution in [-0.2, 0) is 4.74 Å². The lowest BCUT2D eigenvalue weighted by atomic mass is 10.0. The van der Waals surface area contributed by atoms with Crippen LogP contribution < -0.4 is 5.32 Å². The summed E-state index contributed by atoms with van der Waals surface area (Å²) in [5.41, 5.74) is 1.68. The molecule has 0 bridgehead atoms. The third-order valence-electron chi connectivity index (χ3n) is 3.57. The van der Waals surface area contributed by atoms with E-state index < -0.39 is 0 Å². The molecule has 104 valence electrons. The summed E-state index contributed by atoms with van der Waals surface area (Å²) in [5, 5.41) is 14.2. The topological polar surface area (TPSA) is 64.4 Å². The quantitative estimate of drug-likeness (QED) is 0.678. The van der Waals surface area contributed by atoms with Gasteiger partial charge in [-0.25, -0.2) is 0 Å². The van der Waals surface area contributed by atoms with Crippen molar-refractivity contribution >= 4 is 27.3 Å². The van der Waals surface area contributed by atoms with E-state index in [4.69, 9.17) is 4.74 Å². The molecular weight excluding hydrogens is 312 g/mol. The Kier molecular flexibility index (Phi) is 4.42. The van der Waals surface area contributed by atoms with Crippen molar-refractivity contribution in [2.24, 2.45) is 5.92 Å². The molecule has 1 saturated heterocycles. The Bertz CT molecular complexity index is 493.